The van der Waals surface area contributed by atoms with Crippen molar-refractivity contribution >= 4 is 12.6 Å². The van der Waals surface area contributed by atoms with Crippen LogP contribution in [0.25, 0.3) is 0 Å². The van der Waals surface area contributed by atoms with Crippen LogP contribution >= 0.6 is 0 Å². The van der Waals surface area contributed by atoms with Gasteiger partial charge in [-0.2, -0.15) is 0 Å². The second-order valence-electron chi connectivity index (χ2n) is 6.44. The molecule has 2 N–H and O–H groups in total. The lowest BCUT2D eigenvalue weighted by Crippen LogP contribution is -2.32. The van der Waals surface area contributed by atoms with Gasteiger partial charge in [0, 0.05) is 5.46 Å². The molecule has 0 heterocycles. The van der Waals surface area contributed by atoms with Gasteiger partial charge in [-0.3, -0.25) is 0 Å². The molecule has 1 aliphatic carbocycles. The molecule has 0 saturated heterocycles. The average molecular weight is 292 g/mol. The average Bonchev–Trinajstić information content (AvgIpc) is 2.46. The van der Waals surface area contributed by atoms with Gasteiger partial charge in [-0.1, -0.05) is 57.6 Å². The Kier molecular flexibility index (Phi) is 6.25. The summed E-state index contributed by atoms with van der Waals surface area (Å²) in [7, 11) is -1.73. The van der Waals surface area contributed by atoms with Crippen molar-refractivity contribution in [2.45, 2.75) is 58.3 Å². The normalized spacial score (nSPS) is 22.3. The van der Waals surface area contributed by atoms with E-state index in [1.165, 1.54) is 50.7 Å². The molecule has 1 aliphatic rings. The third-order valence-corrected chi connectivity index (χ3v) is 4.85. The fourth-order valence-corrected chi connectivity index (χ4v) is 3.52. The number of halogens is 1. The van der Waals surface area contributed by atoms with Gasteiger partial charge >= 0.3 is 7.12 Å². The van der Waals surface area contributed by atoms with E-state index >= 15 is 0 Å². The second-order valence-corrected chi connectivity index (χ2v) is 6.44. The Morgan fingerprint density at radius 1 is 1.10 bits per heavy atom. The van der Waals surface area contributed by atoms with Crippen LogP contribution in [0.4, 0.5) is 4.39 Å². The van der Waals surface area contributed by atoms with Crippen LogP contribution in [0, 0.1) is 17.7 Å². The zero-order valence-electron chi connectivity index (χ0n) is 12.9. The molecule has 0 aliphatic heterocycles. The van der Waals surface area contributed by atoms with E-state index in [1.54, 1.807) is 6.07 Å². The molecule has 21 heavy (non-hydrogen) atoms. The van der Waals surface area contributed by atoms with Crippen molar-refractivity contribution in [1.82, 2.24) is 0 Å². The Morgan fingerprint density at radius 2 is 1.71 bits per heavy atom. The number of rotatable bonds is 6. The summed E-state index contributed by atoms with van der Waals surface area (Å²) >= 11 is 0. The first-order valence-corrected chi connectivity index (χ1v) is 8.24. The first-order chi connectivity index (χ1) is 10.1. The van der Waals surface area contributed by atoms with Gasteiger partial charge in [-0.25, -0.2) is 4.39 Å². The van der Waals surface area contributed by atoms with E-state index < -0.39 is 12.9 Å². The Balaban J connectivity index is 1.80. The summed E-state index contributed by atoms with van der Waals surface area (Å²) in [4.78, 5) is 0. The molecule has 0 atom stereocenters. The second kappa shape index (κ2) is 7.95. The van der Waals surface area contributed by atoms with Crippen molar-refractivity contribution in [2.24, 2.45) is 11.8 Å². The van der Waals surface area contributed by atoms with E-state index in [-0.39, 0.29) is 5.46 Å². The van der Waals surface area contributed by atoms with E-state index in [9.17, 15) is 4.39 Å². The first kappa shape index (κ1) is 16.5. The van der Waals surface area contributed by atoms with E-state index in [1.807, 2.05) is 0 Å². The predicted molar refractivity (Wildman–Crippen MR) is 84.9 cm³/mol. The molecule has 0 unspecified atom stereocenters. The van der Waals surface area contributed by atoms with Gasteiger partial charge < -0.3 is 10.0 Å². The molecule has 0 radical (unpaired) electrons. The van der Waals surface area contributed by atoms with Gasteiger partial charge in [-0.15, -0.1) is 0 Å². The molecule has 0 amide bonds. The van der Waals surface area contributed by atoms with Gasteiger partial charge in [0.2, 0.25) is 0 Å². The van der Waals surface area contributed by atoms with E-state index in [0.29, 0.717) is 0 Å². The lowest BCUT2D eigenvalue weighted by Gasteiger charge is -2.28. The van der Waals surface area contributed by atoms with Crippen molar-refractivity contribution in [3.05, 3.63) is 29.6 Å². The summed E-state index contributed by atoms with van der Waals surface area (Å²) in [5.74, 6) is 1.17. The molecule has 2 nitrogen and oxygen atoms in total. The number of hydrogen-bond donors (Lipinski definition) is 2. The molecule has 116 valence electrons. The molecular formula is C17H26BFO2. The summed E-state index contributed by atoms with van der Waals surface area (Å²) in [5.41, 5.74) is 0.909. The van der Waals surface area contributed by atoms with Crippen LogP contribution in [0.3, 0.4) is 0 Å². The summed E-state index contributed by atoms with van der Waals surface area (Å²) in [6, 6.07) is 4.73. The highest BCUT2D eigenvalue weighted by atomic mass is 19.1. The van der Waals surface area contributed by atoms with Crippen LogP contribution in [0.2, 0.25) is 0 Å². The maximum Gasteiger partial charge on any atom is 0.491 e. The van der Waals surface area contributed by atoms with Crippen molar-refractivity contribution in [3.63, 3.8) is 0 Å². The molecular weight excluding hydrogens is 266 g/mol. The highest BCUT2D eigenvalue weighted by Gasteiger charge is 2.21. The van der Waals surface area contributed by atoms with E-state index in [0.717, 1.165) is 30.2 Å². The van der Waals surface area contributed by atoms with Gasteiger partial charge in [0.1, 0.15) is 5.82 Å². The number of benzene rings is 1. The van der Waals surface area contributed by atoms with Crippen molar-refractivity contribution in [1.29, 1.82) is 0 Å². The first-order valence-electron chi connectivity index (χ1n) is 8.24. The van der Waals surface area contributed by atoms with Crippen molar-refractivity contribution in [3.8, 4) is 0 Å². The lowest BCUT2D eigenvalue weighted by molar-refractivity contribution is 0.252. The fourth-order valence-electron chi connectivity index (χ4n) is 3.52. The van der Waals surface area contributed by atoms with Crippen molar-refractivity contribution < 1.29 is 14.4 Å². The molecule has 2 rings (SSSR count). The Hall–Kier alpha value is -0.865. The minimum atomic E-state index is -1.73. The molecule has 0 aromatic heterocycles. The van der Waals surface area contributed by atoms with Crippen LogP contribution in [0.1, 0.15) is 57.4 Å². The zero-order chi connectivity index (χ0) is 15.2. The number of hydrogen-bond acceptors (Lipinski definition) is 2. The molecule has 1 aromatic rings. The van der Waals surface area contributed by atoms with Crippen LogP contribution in [-0.4, -0.2) is 17.2 Å². The SMILES string of the molecule is CCCC1CCC(CCc2ccc(B(O)O)c(F)c2)CC1. The topological polar surface area (TPSA) is 40.5 Å². The maximum absolute atomic E-state index is 13.7. The molecule has 0 spiro atoms. The quantitative estimate of drug-likeness (QED) is 0.791. The maximum atomic E-state index is 13.7. The summed E-state index contributed by atoms with van der Waals surface area (Å²) in [5, 5.41) is 18.0. The monoisotopic (exact) mass is 292 g/mol. The largest absolute Gasteiger partial charge is 0.491 e. The van der Waals surface area contributed by atoms with E-state index in [4.69, 9.17) is 10.0 Å². The third-order valence-electron chi connectivity index (χ3n) is 4.85. The van der Waals surface area contributed by atoms with Crippen LogP contribution in [0.5, 0.6) is 0 Å². The summed E-state index contributed by atoms with van der Waals surface area (Å²) < 4.78 is 13.7. The highest BCUT2D eigenvalue weighted by Crippen LogP contribution is 2.33. The minimum Gasteiger partial charge on any atom is -0.423 e. The Labute approximate surface area is 127 Å². The standard InChI is InChI=1S/C17H26BFO2/c1-2-3-13-4-6-14(7-5-13)8-9-15-10-11-16(18(20)21)17(19)12-15/h10-14,20-21H,2-9H2,1H3. The Bertz CT molecular complexity index is 442. The summed E-state index contributed by atoms with van der Waals surface area (Å²) in [6.45, 7) is 2.26. The zero-order valence-corrected chi connectivity index (χ0v) is 12.9. The van der Waals surface area contributed by atoms with Crippen molar-refractivity contribution in [2.75, 3.05) is 0 Å². The van der Waals surface area contributed by atoms with Gasteiger partial charge in [0.05, 0.1) is 0 Å². The lowest BCUT2D eigenvalue weighted by atomic mass is 9.77. The Morgan fingerprint density at radius 3 is 2.24 bits per heavy atom. The molecule has 1 fully saturated rings. The molecule has 1 aromatic carbocycles. The van der Waals surface area contributed by atoms with Gasteiger partial charge in [0.15, 0.2) is 0 Å². The summed E-state index contributed by atoms with van der Waals surface area (Å²) in [6.07, 6.45) is 9.95. The number of aryl methyl sites for hydroxylation is 1. The smallest absolute Gasteiger partial charge is 0.423 e. The van der Waals surface area contributed by atoms with Crippen LogP contribution in [0.15, 0.2) is 18.2 Å². The molecule has 4 heteroatoms. The third kappa shape index (κ3) is 4.82. The van der Waals surface area contributed by atoms with Crippen LogP contribution < -0.4 is 5.46 Å². The van der Waals surface area contributed by atoms with E-state index in [2.05, 4.69) is 6.92 Å². The highest BCUT2D eigenvalue weighted by molar-refractivity contribution is 6.58. The van der Waals surface area contributed by atoms with Crippen LogP contribution in [-0.2, 0) is 6.42 Å². The van der Waals surface area contributed by atoms with Gasteiger partial charge in [0.25, 0.3) is 0 Å². The van der Waals surface area contributed by atoms with Gasteiger partial charge in [-0.05, 0) is 36.3 Å². The fraction of sp³-hybridized carbons (Fsp3) is 0.647. The predicted octanol–water partition coefficient (Wildman–Crippen LogP) is 3.04. The minimum absolute atomic E-state index is 0.0428. The molecule has 1 saturated carbocycles. The molecule has 0 bridgehead atoms.